The van der Waals surface area contributed by atoms with Crippen molar-refractivity contribution in [2.45, 2.75) is 20.8 Å². The second-order valence-electron chi connectivity index (χ2n) is 7.05. The quantitative estimate of drug-likeness (QED) is 0.496. The minimum atomic E-state index is -0.221. The van der Waals surface area contributed by atoms with Crippen molar-refractivity contribution in [3.05, 3.63) is 77.4 Å². The third kappa shape index (κ3) is 3.99. The Labute approximate surface area is 169 Å². The first-order valence-electron chi connectivity index (χ1n) is 9.47. The first kappa shape index (κ1) is 18.7. The number of anilines is 1. The van der Waals surface area contributed by atoms with Gasteiger partial charge in [-0.25, -0.2) is 4.98 Å². The lowest BCUT2D eigenvalue weighted by Crippen LogP contribution is -2.20. The lowest BCUT2D eigenvalue weighted by Gasteiger charge is -2.12. The smallest absolute Gasteiger partial charge is 0.262 e. The molecule has 29 heavy (non-hydrogen) atoms. The van der Waals surface area contributed by atoms with E-state index in [1.807, 2.05) is 81.4 Å². The molecule has 0 aliphatic heterocycles. The van der Waals surface area contributed by atoms with Gasteiger partial charge in [0.1, 0.15) is 11.3 Å². The zero-order chi connectivity index (χ0) is 20.4. The number of aromatic nitrogens is 1. The fraction of sp³-hybridized carbons (Fsp3) is 0.167. The Morgan fingerprint density at radius 2 is 1.83 bits per heavy atom. The number of para-hydroxylation sites is 2. The number of carbonyl (C=O) groups excluding carboxylic acids is 1. The minimum absolute atomic E-state index is 0.0605. The number of benzene rings is 3. The molecule has 0 aliphatic rings. The van der Waals surface area contributed by atoms with E-state index in [1.165, 1.54) is 5.56 Å². The van der Waals surface area contributed by atoms with Crippen LogP contribution in [0.1, 0.15) is 16.7 Å². The maximum Gasteiger partial charge on any atom is 0.262 e. The second kappa shape index (κ2) is 7.80. The van der Waals surface area contributed by atoms with Crippen molar-refractivity contribution in [2.75, 3.05) is 11.9 Å². The molecular weight excluding hydrogens is 364 g/mol. The van der Waals surface area contributed by atoms with Gasteiger partial charge < -0.3 is 14.5 Å². The molecule has 0 saturated heterocycles. The highest BCUT2D eigenvalue weighted by molar-refractivity contribution is 5.93. The number of carbonyl (C=O) groups is 1. The van der Waals surface area contributed by atoms with E-state index in [-0.39, 0.29) is 12.5 Å². The van der Waals surface area contributed by atoms with Crippen LogP contribution in [0.25, 0.3) is 22.6 Å². The van der Waals surface area contributed by atoms with Crippen molar-refractivity contribution in [1.29, 1.82) is 0 Å². The summed E-state index contributed by atoms with van der Waals surface area (Å²) in [5.74, 6) is 0.993. The summed E-state index contributed by atoms with van der Waals surface area (Å²) < 4.78 is 11.5. The highest BCUT2D eigenvalue weighted by Crippen LogP contribution is 2.30. The predicted molar refractivity (Wildman–Crippen MR) is 114 cm³/mol. The summed E-state index contributed by atoms with van der Waals surface area (Å²) in [6.45, 7) is 5.93. The van der Waals surface area contributed by atoms with E-state index in [0.29, 0.717) is 17.3 Å². The Balaban J connectivity index is 1.49. The van der Waals surface area contributed by atoms with Crippen molar-refractivity contribution < 1.29 is 13.9 Å². The zero-order valence-corrected chi connectivity index (χ0v) is 16.7. The number of amides is 1. The van der Waals surface area contributed by atoms with Gasteiger partial charge in [-0.1, -0.05) is 24.3 Å². The van der Waals surface area contributed by atoms with Crippen LogP contribution >= 0.6 is 0 Å². The summed E-state index contributed by atoms with van der Waals surface area (Å²) in [7, 11) is 0. The van der Waals surface area contributed by atoms with Gasteiger partial charge in [0.2, 0.25) is 5.89 Å². The normalized spacial score (nSPS) is 10.9. The summed E-state index contributed by atoms with van der Waals surface area (Å²) in [4.78, 5) is 17.0. The molecule has 1 aromatic heterocycles. The molecular formula is C24H22N2O3. The summed E-state index contributed by atoms with van der Waals surface area (Å²) in [6.07, 6.45) is 0. The molecule has 1 N–H and O–H groups in total. The Morgan fingerprint density at radius 1 is 1.00 bits per heavy atom. The van der Waals surface area contributed by atoms with Crippen molar-refractivity contribution in [3.8, 4) is 17.2 Å². The van der Waals surface area contributed by atoms with Gasteiger partial charge in [0.05, 0.1) is 0 Å². The van der Waals surface area contributed by atoms with Crippen LogP contribution in [0.15, 0.2) is 65.1 Å². The number of rotatable bonds is 5. The van der Waals surface area contributed by atoms with Gasteiger partial charge in [-0.2, -0.15) is 0 Å². The Kier molecular flexibility index (Phi) is 5.04. The van der Waals surface area contributed by atoms with E-state index in [9.17, 15) is 4.79 Å². The maximum atomic E-state index is 12.4. The number of aryl methyl sites for hydroxylation is 2. The molecule has 0 radical (unpaired) electrons. The summed E-state index contributed by atoms with van der Waals surface area (Å²) in [5.41, 5.74) is 6.29. The van der Waals surface area contributed by atoms with Crippen LogP contribution in [-0.2, 0) is 4.79 Å². The van der Waals surface area contributed by atoms with E-state index in [2.05, 4.69) is 10.3 Å². The molecule has 1 amide bonds. The van der Waals surface area contributed by atoms with Crippen LogP contribution in [0.2, 0.25) is 0 Å². The summed E-state index contributed by atoms with van der Waals surface area (Å²) in [5, 5.41) is 2.92. The number of nitrogens with one attached hydrogen (secondary N) is 1. The molecule has 0 saturated carbocycles. The first-order chi connectivity index (χ1) is 14.0. The zero-order valence-electron chi connectivity index (χ0n) is 16.7. The van der Waals surface area contributed by atoms with Crippen LogP contribution in [0.4, 0.5) is 5.69 Å². The fourth-order valence-electron chi connectivity index (χ4n) is 3.13. The molecule has 0 aliphatic carbocycles. The minimum Gasteiger partial charge on any atom is -0.484 e. The average Bonchev–Trinajstić information content (AvgIpc) is 3.14. The van der Waals surface area contributed by atoms with Crippen LogP contribution in [0.5, 0.6) is 5.75 Å². The number of ether oxygens (including phenoxy) is 1. The SMILES string of the molecule is Cc1ccc(OCC(=O)Nc2cccc(-c3nc4ccccc4o3)c2C)cc1C. The summed E-state index contributed by atoms with van der Waals surface area (Å²) in [6, 6.07) is 19.1. The monoisotopic (exact) mass is 386 g/mol. The molecule has 5 nitrogen and oxygen atoms in total. The third-order valence-corrected chi connectivity index (χ3v) is 4.98. The fourth-order valence-corrected chi connectivity index (χ4v) is 3.13. The largest absolute Gasteiger partial charge is 0.484 e. The first-order valence-corrected chi connectivity index (χ1v) is 9.47. The molecule has 3 aromatic carbocycles. The number of oxazole rings is 1. The molecule has 4 rings (SSSR count). The molecule has 0 unspecified atom stereocenters. The van der Waals surface area contributed by atoms with E-state index in [0.717, 1.165) is 27.8 Å². The number of hydrogen-bond donors (Lipinski definition) is 1. The van der Waals surface area contributed by atoms with Gasteiger partial charge >= 0.3 is 0 Å². The van der Waals surface area contributed by atoms with E-state index in [1.54, 1.807) is 0 Å². The molecule has 1 heterocycles. The van der Waals surface area contributed by atoms with Crippen molar-refractivity contribution in [1.82, 2.24) is 4.98 Å². The molecule has 146 valence electrons. The highest BCUT2D eigenvalue weighted by Gasteiger charge is 2.14. The number of hydrogen-bond acceptors (Lipinski definition) is 4. The molecule has 0 bridgehead atoms. The van der Waals surface area contributed by atoms with Crippen LogP contribution in [-0.4, -0.2) is 17.5 Å². The Bertz CT molecular complexity index is 1160. The molecule has 5 heteroatoms. The molecule has 0 atom stereocenters. The van der Waals surface area contributed by atoms with Gasteiger partial charge in [-0.3, -0.25) is 4.79 Å². The Hall–Kier alpha value is -3.60. The lowest BCUT2D eigenvalue weighted by molar-refractivity contribution is -0.118. The predicted octanol–water partition coefficient (Wildman–Crippen LogP) is 5.44. The third-order valence-electron chi connectivity index (χ3n) is 4.98. The van der Waals surface area contributed by atoms with Crippen LogP contribution in [0, 0.1) is 20.8 Å². The van der Waals surface area contributed by atoms with Crippen molar-refractivity contribution >= 4 is 22.7 Å². The maximum absolute atomic E-state index is 12.4. The number of nitrogens with zero attached hydrogens (tertiary/aromatic N) is 1. The highest BCUT2D eigenvalue weighted by atomic mass is 16.5. The van der Waals surface area contributed by atoms with Crippen molar-refractivity contribution in [3.63, 3.8) is 0 Å². The lowest BCUT2D eigenvalue weighted by atomic mass is 10.1. The number of fused-ring (bicyclic) bond motifs is 1. The van der Waals surface area contributed by atoms with Gasteiger partial charge in [0, 0.05) is 11.3 Å². The Morgan fingerprint density at radius 3 is 2.62 bits per heavy atom. The van der Waals surface area contributed by atoms with Gasteiger partial charge in [-0.15, -0.1) is 0 Å². The average molecular weight is 386 g/mol. The molecule has 0 fully saturated rings. The summed E-state index contributed by atoms with van der Waals surface area (Å²) >= 11 is 0. The van der Waals surface area contributed by atoms with Crippen LogP contribution in [0.3, 0.4) is 0 Å². The second-order valence-corrected chi connectivity index (χ2v) is 7.05. The van der Waals surface area contributed by atoms with Gasteiger partial charge in [0.15, 0.2) is 12.2 Å². The van der Waals surface area contributed by atoms with E-state index < -0.39 is 0 Å². The van der Waals surface area contributed by atoms with E-state index in [4.69, 9.17) is 9.15 Å². The standard InChI is InChI=1S/C24H22N2O3/c1-15-11-12-18(13-16(15)2)28-14-23(27)25-20-9-6-7-19(17(20)3)24-26-21-8-4-5-10-22(21)29-24/h4-13H,14H2,1-3H3,(H,25,27). The topological polar surface area (TPSA) is 64.4 Å². The van der Waals surface area contributed by atoms with Crippen molar-refractivity contribution in [2.24, 2.45) is 0 Å². The van der Waals surface area contributed by atoms with E-state index >= 15 is 0 Å². The molecule has 4 aromatic rings. The molecule has 0 spiro atoms. The van der Waals surface area contributed by atoms with Crippen LogP contribution < -0.4 is 10.1 Å². The van der Waals surface area contributed by atoms with Gasteiger partial charge in [-0.05, 0) is 73.9 Å². The van der Waals surface area contributed by atoms with Gasteiger partial charge in [0.25, 0.3) is 5.91 Å².